The fourth-order valence-electron chi connectivity index (χ4n) is 2.87. The van der Waals surface area contributed by atoms with Crippen LogP contribution in [0.4, 0.5) is 5.69 Å². The van der Waals surface area contributed by atoms with Gasteiger partial charge in [-0.15, -0.1) is 0 Å². The number of nitrogens with one attached hydrogen (secondary N) is 1. The Morgan fingerprint density at radius 3 is 2.53 bits per heavy atom. The molecule has 0 spiro atoms. The Labute approximate surface area is 179 Å². The van der Waals surface area contributed by atoms with E-state index in [-0.39, 0.29) is 11.7 Å². The number of esters is 1. The molecule has 1 N–H and O–H groups in total. The molecule has 1 amide bonds. The normalized spacial score (nSPS) is 10.6. The molecule has 3 aromatic rings. The fraction of sp³-hybridized carbons (Fsp3) is 0.217. The first-order chi connectivity index (χ1) is 14.4. The summed E-state index contributed by atoms with van der Waals surface area (Å²) in [6, 6.07) is 16.5. The highest BCUT2D eigenvalue weighted by molar-refractivity contribution is 8.00. The van der Waals surface area contributed by atoms with E-state index in [2.05, 4.69) is 35.0 Å². The Morgan fingerprint density at radius 2 is 1.90 bits per heavy atom. The number of rotatable bonds is 6. The number of nitrogens with zero attached hydrogens (tertiary/aromatic N) is 2. The van der Waals surface area contributed by atoms with E-state index in [0.29, 0.717) is 27.8 Å². The lowest BCUT2D eigenvalue weighted by Crippen LogP contribution is -2.14. The summed E-state index contributed by atoms with van der Waals surface area (Å²) in [4.78, 5) is 28.3. The number of fused-ring (bicyclic) bond motifs is 1. The molecule has 152 valence electrons. The molecule has 0 bridgehead atoms. The number of hydrogen-bond acceptors (Lipinski definition) is 6. The Hall–Kier alpha value is -3.37. The summed E-state index contributed by atoms with van der Waals surface area (Å²) in [6.45, 7) is 4.23. The van der Waals surface area contributed by atoms with Crippen LogP contribution in [0.15, 0.2) is 53.6 Å². The zero-order valence-electron chi connectivity index (χ0n) is 16.9. The van der Waals surface area contributed by atoms with Crippen molar-refractivity contribution in [3.05, 3.63) is 65.2 Å². The number of anilines is 1. The minimum Gasteiger partial charge on any atom is -0.465 e. The van der Waals surface area contributed by atoms with E-state index in [1.54, 1.807) is 24.3 Å². The molecule has 1 heterocycles. The molecule has 0 aliphatic carbocycles. The molecular weight excluding hydrogens is 398 g/mol. The van der Waals surface area contributed by atoms with Crippen molar-refractivity contribution < 1.29 is 14.3 Å². The first-order valence-electron chi connectivity index (χ1n) is 9.37. The van der Waals surface area contributed by atoms with Crippen LogP contribution in [0.1, 0.15) is 41.3 Å². The van der Waals surface area contributed by atoms with E-state index in [0.717, 1.165) is 10.9 Å². The Balaban J connectivity index is 1.70. The van der Waals surface area contributed by atoms with Crippen LogP contribution in [0.3, 0.4) is 0 Å². The fourth-order valence-corrected chi connectivity index (χ4v) is 3.63. The maximum absolute atomic E-state index is 12.3. The second-order valence-corrected chi connectivity index (χ2v) is 7.93. The third-order valence-corrected chi connectivity index (χ3v) is 5.51. The Morgan fingerprint density at radius 1 is 1.17 bits per heavy atom. The van der Waals surface area contributed by atoms with Gasteiger partial charge in [-0.2, -0.15) is 5.26 Å². The largest absolute Gasteiger partial charge is 0.465 e. The van der Waals surface area contributed by atoms with E-state index >= 15 is 0 Å². The Bertz CT molecular complexity index is 1130. The summed E-state index contributed by atoms with van der Waals surface area (Å²) in [5.74, 6) is -0.169. The standard InChI is InChI=1S/C23H21N3O3S/c1-14(2)16-6-9-20-17(10-16)11-18(12-24)22(26-20)30-13-21(27)25-19-7-4-15(5-8-19)23(28)29-3/h4-11,14H,13H2,1-3H3,(H,25,27). The van der Waals surface area contributed by atoms with Crippen LogP contribution >= 0.6 is 11.8 Å². The first kappa shape index (κ1) is 21.3. The molecule has 0 fully saturated rings. The number of nitriles is 1. The minimum absolute atomic E-state index is 0.107. The van der Waals surface area contributed by atoms with Gasteiger partial charge in [0.15, 0.2) is 0 Å². The van der Waals surface area contributed by atoms with Crippen molar-refractivity contribution in [2.45, 2.75) is 24.8 Å². The van der Waals surface area contributed by atoms with Crippen LogP contribution in [-0.2, 0) is 9.53 Å². The number of benzene rings is 2. The van der Waals surface area contributed by atoms with Gasteiger partial charge in [-0.3, -0.25) is 4.79 Å². The van der Waals surface area contributed by atoms with Crippen molar-refractivity contribution >= 4 is 40.2 Å². The molecule has 0 atom stereocenters. The van der Waals surface area contributed by atoms with Gasteiger partial charge >= 0.3 is 5.97 Å². The van der Waals surface area contributed by atoms with E-state index in [4.69, 9.17) is 0 Å². The smallest absolute Gasteiger partial charge is 0.337 e. The molecule has 7 heteroatoms. The lowest BCUT2D eigenvalue weighted by molar-refractivity contribution is -0.113. The number of amides is 1. The highest BCUT2D eigenvalue weighted by Crippen LogP contribution is 2.27. The van der Waals surface area contributed by atoms with E-state index in [1.807, 2.05) is 24.3 Å². The monoisotopic (exact) mass is 419 g/mol. The zero-order valence-corrected chi connectivity index (χ0v) is 17.7. The molecular formula is C23H21N3O3S. The lowest BCUT2D eigenvalue weighted by Gasteiger charge is -2.09. The second kappa shape index (κ2) is 9.42. The number of thioether (sulfide) groups is 1. The van der Waals surface area contributed by atoms with Gasteiger partial charge in [0, 0.05) is 11.1 Å². The third kappa shape index (κ3) is 4.97. The quantitative estimate of drug-likeness (QED) is 0.458. The van der Waals surface area contributed by atoms with E-state index in [9.17, 15) is 14.9 Å². The lowest BCUT2D eigenvalue weighted by atomic mass is 10.0. The SMILES string of the molecule is COC(=O)c1ccc(NC(=O)CSc2nc3ccc(C(C)C)cc3cc2C#N)cc1. The van der Waals surface area contributed by atoms with E-state index in [1.165, 1.54) is 24.4 Å². The highest BCUT2D eigenvalue weighted by Gasteiger charge is 2.12. The maximum atomic E-state index is 12.3. The van der Waals surface area contributed by atoms with Crippen molar-refractivity contribution in [2.24, 2.45) is 0 Å². The van der Waals surface area contributed by atoms with Crippen molar-refractivity contribution in [2.75, 3.05) is 18.2 Å². The molecule has 1 aromatic heterocycles. The van der Waals surface area contributed by atoms with Crippen LogP contribution < -0.4 is 5.32 Å². The van der Waals surface area contributed by atoms with Crippen LogP contribution in [-0.4, -0.2) is 29.7 Å². The van der Waals surface area contributed by atoms with Crippen molar-refractivity contribution in [1.29, 1.82) is 5.26 Å². The van der Waals surface area contributed by atoms with Gasteiger partial charge in [0.1, 0.15) is 11.1 Å². The van der Waals surface area contributed by atoms with Crippen LogP contribution in [0.2, 0.25) is 0 Å². The summed E-state index contributed by atoms with van der Waals surface area (Å²) in [7, 11) is 1.31. The first-order valence-corrected chi connectivity index (χ1v) is 10.4. The molecule has 0 aliphatic rings. The van der Waals surface area contributed by atoms with Gasteiger partial charge in [-0.25, -0.2) is 9.78 Å². The second-order valence-electron chi connectivity index (χ2n) is 6.97. The molecule has 0 saturated carbocycles. The maximum Gasteiger partial charge on any atom is 0.337 e. The number of carbonyl (C=O) groups excluding carboxylic acids is 2. The number of carbonyl (C=O) groups is 2. The molecule has 0 aliphatic heterocycles. The summed E-state index contributed by atoms with van der Waals surface area (Å²) in [5.41, 5.74) is 3.40. The van der Waals surface area contributed by atoms with Gasteiger partial charge in [0.25, 0.3) is 0 Å². The molecule has 2 aromatic carbocycles. The van der Waals surface area contributed by atoms with Crippen LogP contribution in [0.5, 0.6) is 0 Å². The minimum atomic E-state index is -0.435. The zero-order chi connectivity index (χ0) is 21.7. The van der Waals surface area contributed by atoms with Crippen molar-refractivity contribution in [1.82, 2.24) is 4.98 Å². The number of ether oxygens (including phenoxy) is 1. The predicted octanol–water partition coefficient (Wildman–Crippen LogP) is 4.75. The molecule has 30 heavy (non-hydrogen) atoms. The molecule has 3 rings (SSSR count). The predicted molar refractivity (Wildman–Crippen MR) is 118 cm³/mol. The molecule has 0 unspecified atom stereocenters. The Kier molecular flexibility index (Phi) is 6.70. The average Bonchev–Trinajstić information content (AvgIpc) is 2.76. The third-order valence-electron chi connectivity index (χ3n) is 4.52. The topological polar surface area (TPSA) is 92.1 Å². The number of aromatic nitrogens is 1. The summed E-state index contributed by atoms with van der Waals surface area (Å²) in [6.07, 6.45) is 0. The summed E-state index contributed by atoms with van der Waals surface area (Å²) >= 11 is 1.22. The van der Waals surface area contributed by atoms with Gasteiger partial charge < -0.3 is 10.1 Å². The van der Waals surface area contributed by atoms with Gasteiger partial charge in [-0.05, 0) is 53.9 Å². The molecule has 0 radical (unpaired) electrons. The average molecular weight is 420 g/mol. The van der Waals surface area contributed by atoms with Crippen molar-refractivity contribution in [3.63, 3.8) is 0 Å². The van der Waals surface area contributed by atoms with Crippen LogP contribution in [0.25, 0.3) is 10.9 Å². The highest BCUT2D eigenvalue weighted by atomic mass is 32.2. The van der Waals surface area contributed by atoms with Crippen LogP contribution in [0, 0.1) is 11.3 Å². The summed E-state index contributed by atoms with van der Waals surface area (Å²) in [5, 5.41) is 13.7. The number of methoxy groups -OCH3 is 1. The van der Waals surface area contributed by atoms with Crippen molar-refractivity contribution in [3.8, 4) is 6.07 Å². The van der Waals surface area contributed by atoms with Gasteiger partial charge in [0.2, 0.25) is 5.91 Å². The van der Waals surface area contributed by atoms with E-state index < -0.39 is 5.97 Å². The summed E-state index contributed by atoms with van der Waals surface area (Å²) < 4.78 is 4.65. The molecule has 6 nitrogen and oxygen atoms in total. The number of hydrogen-bond donors (Lipinski definition) is 1. The van der Waals surface area contributed by atoms with Gasteiger partial charge in [0.05, 0.1) is 29.5 Å². The number of pyridine rings is 1. The van der Waals surface area contributed by atoms with Gasteiger partial charge in [-0.1, -0.05) is 31.7 Å². The molecule has 0 saturated heterocycles.